The first-order chi connectivity index (χ1) is 12.8. The fourth-order valence-electron chi connectivity index (χ4n) is 3.04. The largest absolute Gasteiger partial charge is 0.378 e. The lowest BCUT2D eigenvalue weighted by Gasteiger charge is -2.30. The summed E-state index contributed by atoms with van der Waals surface area (Å²) < 4.78 is 5.41. The summed E-state index contributed by atoms with van der Waals surface area (Å²) in [5, 5.41) is 10.1. The first-order valence-electron chi connectivity index (χ1n) is 8.65. The lowest BCUT2D eigenvalue weighted by Crippen LogP contribution is -2.36. The second-order valence-corrected chi connectivity index (χ2v) is 6.10. The van der Waals surface area contributed by atoms with E-state index in [0.717, 1.165) is 35.7 Å². The van der Waals surface area contributed by atoms with Gasteiger partial charge in [0.2, 0.25) is 0 Å². The van der Waals surface area contributed by atoms with E-state index in [0.29, 0.717) is 18.9 Å². The summed E-state index contributed by atoms with van der Waals surface area (Å²) in [6.07, 6.45) is 0. The maximum Gasteiger partial charge on any atom is 0.273 e. The molecule has 6 heteroatoms. The highest BCUT2D eigenvalue weighted by molar-refractivity contribution is 6.05. The van der Waals surface area contributed by atoms with Crippen molar-refractivity contribution in [2.45, 2.75) is 0 Å². The zero-order valence-electron chi connectivity index (χ0n) is 14.3. The van der Waals surface area contributed by atoms with Crippen LogP contribution in [0.5, 0.6) is 0 Å². The van der Waals surface area contributed by atoms with E-state index in [9.17, 15) is 4.79 Å². The standard InChI is InChI=1S/C20H20N4O2/c25-20(18-14-17(22-23-18)15-6-2-1-3-7-15)21-16-8-4-5-9-19(16)24-10-12-26-13-11-24/h1-9,14H,10-13H2,(H,21,25)(H,22,23). The number of amides is 1. The molecule has 4 rings (SSSR count). The molecule has 132 valence electrons. The van der Waals surface area contributed by atoms with Crippen LogP contribution in [0.25, 0.3) is 11.3 Å². The molecule has 1 amide bonds. The Morgan fingerprint density at radius 3 is 2.58 bits per heavy atom. The monoisotopic (exact) mass is 348 g/mol. The van der Waals surface area contributed by atoms with E-state index in [4.69, 9.17) is 4.74 Å². The second-order valence-electron chi connectivity index (χ2n) is 6.10. The number of hydrogen-bond donors (Lipinski definition) is 2. The fourth-order valence-corrected chi connectivity index (χ4v) is 3.04. The number of aromatic amines is 1. The molecule has 0 spiro atoms. The summed E-state index contributed by atoms with van der Waals surface area (Å²) in [6.45, 7) is 3.02. The summed E-state index contributed by atoms with van der Waals surface area (Å²) in [5.74, 6) is -0.208. The molecule has 0 aliphatic carbocycles. The summed E-state index contributed by atoms with van der Waals surface area (Å²) in [5.41, 5.74) is 3.94. The SMILES string of the molecule is O=C(Nc1ccccc1N1CCOCC1)c1cc(-c2ccccc2)n[nH]1. The van der Waals surface area contributed by atoms with Gasteiger partial charge in [0.05, 0.1) is 30.3 Å². The van der Waals surface area contributed by atoms with Gasteiger partial charge in [0.15, 0.2) is 0 Å². The van der Waals surface area contributed by atoms with Gasteiger partial charge in [-0.2, -0.15) is 5.10 Å². The number of para-hydroxylation sites is 2. The molecule has 1 saturated heterocycles. The van der Waals surface area contributed by atoms with Gasteiger partial charge >= 0.3 is 0 Å². The van der Waals surface area contributed by atoms with Crippen molar-refractivity contribution in [3.05, 3.63) is 66.4 Å². The number of benzene rings is 2. The average molecular weight is 348 g/mol. The van der Waals surface area contributed by atoms with Gasteiger partial charge < -0.3 is 15.0 Å². The van der Waals surface area contributed by atoms with Crippen molar-refractivity contribution in [3.63, 3.8) is 0 Å². The molecule has 0 atom stereocenters. The zero-order valence-corrected chi connectivity index (χ0v) is 14.3. The predicted octanol–water partition coefficient (Wildman–Crippen LogP) is 3.17. The van der Waals surface area contributed by atoms with E-state index in [2.05, 4.69) is 20.4 Å². The van der Waals surface area contributed by atoms with Gasteiger partial charge in [0.25, 0.3) is 5.91 Å². The van der Waals surface area contributed by atoms with E-state index < -0.39 is 0 Å². The number of nitrogens with one attached hydrogen (secondary N) is 2. The van der Waals surface area contributed by atoms with E-state index in [1.165, 1.54) is 0 Å². The number of morpholine rings is 1. The Kier molecular flexibility index (Phi) is 4.66. The van der Waals surface area contributed by atoms with Crippen LogP contribution in [0.4, 0.5) is 11.4 Å². The van der Waals surface area contributed by atoms with E-state index in [1.807, 2.05) is 54.6 Å². The topological polar surface area (TPSA) is 70.2 Å². The van der Waals surface area contributed by atoms with E-state index in [-0.39, 0.29) is 5.91 Å². The van der Waals surface area contributed by atoms with Crippen molar-refractivity contribution in [1.82, 2.24) is 10.2 Å². The molecular formula is C20H20N4O2. The van der Waals surface area contributed by atoms with Crippen molar-refractivity contribution in [2.75, 3.05) is 36.5 Å². The van der Waals surface area contributed by atoms with Gasteiger partial charge in [-0.1, -0.05) is 42.5 Å². The lowest BCUT2D eigenvalue weighted by molar-refractivity contribution is 0.102. The van der Waals surface area contributed by atoms with Gasteiger partial charge in [-0.3, -0.25) is 9.89 Å². The molecule has 0 radical (unpaired) electrons. The third-order valence-corrected chi connectivity index (χ3v) is 4.40. The minimum absolute atomic E-state index is 0.208. The van der Waals surface area contributed by atoms with Crippen molar-refractivity contribution in [2.24, 2.45) is 0 Å². The summed E-state index contributed by atoms with van der Waals surface area (Å²) >= 11 is 0. The number of rotatable bonds is 4. The van der Waals surface area contributed by atoms with Crippen molar-refractivity contribution < 1.29 is 9.53 Å². The maximum absolute atomic E-state index is 12.7. The first kappa shape index (κ1) is 16.4. The minimum Gasteiger partial charge on any atom is -0.378 e. The van der Waals surface area contributed by atoms with Crippen LogP contribution in [0.15, 0.2) is 60.7 Å². The molecule has 0 saturated carbocycles. The Morgan fingerprint density at radius 2 is 1.77 bits per heavy atom. The van der Waals surface area contributed by atoms with Crippen molar-refractivity contribution >= 4 is 17.3 Å². The number of ether oxygens (including phenoxy) is 1. The molecule has 1 aromatic heterocycles. The third-order valence-electron chi connectivity index (χ3n) is 4.40. The Bertz CT molecular complexity index is 886. The Hall–Kier alpha value is -3.12. The van der Waals surface area contributed by atoms with Crippen molar-refractivity contribution in [3.8, 4) is 11.3 Å². The van der Waals surface area contributed by atoms with Gasteiger partial charge in [0, 0.05) is 18.7 Å². The van der Waals surface area contributed by atoms with Gasteiger partial charge in [-0.15, -0.1) is 0 Å². The summed E-state index contributed by atoms with van der Waals surface area (Å²) in [6, 6.07) is 19.4. The van der Waals surface area contributed by atoms with Crippen LogP contribution in [0.2, 0.25) is 0 Å². The molecule has 1 aliphatic rings. The molecular weight excluding hydrogens is 328 g/mol. The first-order valence-corrected chi connectivity index (χ1v) is 8.65. The quantitative estimate of drug-likeness (QED) is 0.760. The van der Waals surface area contributed by atoms with Crippen LogP contribution in [0.3, 0.4) is 0 Å². The number of carbonyl (C=O) groups is 1. The normalized spacial score (nSPS) is 14.2. The number of nitrogens with zero attached hydrogens (tertiary/aromatic N) is 2. The van der Waals surface area contributed by atoms with Crippen LogP contribution in [0, 0.1) is 0 Å². The maximum atomic E-state index is 12.7. The van der Waals surface area contributed by atoms with Crippen LogP contribution >= 0.6 is 0 Å². The molecule has 2 aromatic carbocycles. The Balaban J connectivity index is 1.53. The van der Waals surface area contributed by atoms with Crippen LogP contribution in [-0.2, 0) is 4.74 Å². The van der Waals surface area contributed by atoms with E-state index in [1.54, 1.807) is 6.07 Å². The summed E-state index contributed by atoms with van der Waals surface area (Å²) in [4.78, 5) is 14.9. The van der Waals surface area contributed by atoms with Gasteiger partial charge in [0.1, 0.15) is 5.69 Å². The number of carbonyl (C=O) groups excluding carboxylic acids is 1. The number of hydrogen-bond acceptors (Lipinski definition) is 4. The molecule has 6 nitrogen and oxygen atoms in total. The molecule has 26 heavy (non-hydrogen) atoms. The van der Waals surface area contributed by atoms with Crippen LogP contribution in [-0.4, -0.2) is 42.4 Å². The van der Waals surface area contributed by atoms with E-state index >= 15 is 0 Å². The molecule has 2 heterocycles. The van der Waals surface area contributed by atoms with Crippen LogP contribution < -0.4 is 10.2 Å². The second kappa shape index (κ2) is 7.41. The highest BCUT2D eigenvalue weighted by atomic mass is 16.5. The zero-order chi connectivity index (χ0) is 17.8. The smallest absolute Gasteiger partial charge is 0.273 e. The molecule has 3 aromatic rings. The molecule has 0 unspecified atom stereocenters. The highest BCUT2D eigenvalue weighted by Gasteiger charge is 2.17. The molecule has 1 fully saturated rings. The van der Waals surface area contributed by atoms with Crippen molar-refractivity contribution in [1.29, 1.82) is 0 Å². The molecule has 2 N–H and O–H groups in total. The number of anilines is 2. The van der Waals surface area contributed by atoms with Crippen LogP contribution in [0.1, 0.15) is 10.5 Å². The predicted molar refractivity (Wildman–Crippen MR) is 101 cm³/mol. The molecule has 0 bridgehead atoms. The molecule has 1 aliphatic heterocycles. The number of H-pyrrole nitrogens is 1. The minimum atomic E-state index is -0.208. The van der Waals surface area contributed by atoms with Gasteiger partial charge in [-0.05, 0) is 18.2 Å². The fraction of sp³-hybridized carbons (Fsp3) is 0.200. The Labute approximate surface area is 151 Å². The lowest BCUT2D eigenvalue weighted by atomic mass is 10.1. The highest BCUT2D eigenvalue weighted by Crippen LogP contribution is 2.27. The number of aromatic nitrogens is 2. The average Bonchev–Trinajstić information content (AvgIpc) is 3.20. The van der Waals surface area contributed by atoms with Gasteiger partial charge in [-0.25, -0.2) is 0 Å². The third kappa shape index (κ3) is 3.45. The summed E-state index contributed by atoms with van der Waals surface area (Å²) in [7, 11) is 0. The Morgan fingerprint density at radius 1 is 1.04 bits per heavy atom.